The Morgan fingerprint density at radius 3 is 2.68 bits per heavy atom. The standard InChI is InChI=1S/C15H25N3O3.HI/c1-4-16-15(18-10-11-20-2)17-9-8-12-6-5-7-13(21-3)14(12)19;/h5-7,19H,4,8-11H2,1-3H3,(H2,16,17,18);1H. The molecule has 22 heavy (non-hydrogen) atoms. The largest absolute Gasteiger partial charge is 0.504 e. The SMILES string of the molecule is CCNC(=NCCOC)NCCc1cccc(OC)c1O.I. The Kier molecular flexibility index (Phi) is 11.7. The van der Waals surface area contributed by atoms with Gasteiger partial charge in [0.1, 0.15) is 0 Å². The number of nitrogens with zero attached hydrogens (tertiary/aromatic N) is 1. The van der Waals surface area contributed by atoms with Gasteiger partial charge < -0.3 is 25.2 Å². The molecule has 0 heterocycles. The van der Waals surface area contributed by atoms with E-state index in [1.54, 1.807) is 20.3 Å². The Morgan fingerprint density at radius 1 is 1.27 bits per heavy atom. The molecule has 0 aliphatic heterocycles. The summed E-state index contributed by atoms with van der Waals surface area (Å²) in [5.74, 6) is 1.44. The number of hydrogen-bond donors (Lipinski definition) is 3. The molecule has 0 fully saturated rings. The minimum Gasteiger partial charge on any atom is -0.504 e. The summed E-state index contributed by atoms with van der Waals surface area (Å²) in [6.45, 7) is 4.67. The second kappa shape index (κ2) is 12.3. The van der Waals surface area contributed by atoms with E-state index in [0.29, 0.717) is 31.9 Å². The van der Waals surface area contributed by atoms with Gasteiger partial charge in [0.25, 0.3) is 0 Å². The Morgan fingerprint density at radius 2 is 2.05 bits per heavy atom. The molecular weight excluding hydrogens is 397 g/mol. The fourth-order valence-electron chi connectivity index (χ4n) is 1.84. The van der Waals surface area contributed by atoms with Crippen LogP contribution >= 0.6 is 24.0 Å². The van der Waals surface area contributed by atoms with Crippen LogP contribution < -0.4 is 15.4 Å². The normalized spacial score (nSPS) is 10.8. The molecule has 0 aliphatic rings. The quantitative estimate of drug-likeness (QED) is 0.257. The van der Waals surface area contributed by atoms with E-state index < -0.39 is 0 Å². The number of halogens is 1. The van der Waals surface area contributed by atoms with E-state index in [0.717, 1.165) is 18.1 Å². The number of aromatic hydroxyl groups is 1. The van der Waals surface area contributed by atoms with Gasteiger partial charge in [0.15, 0.2) is 17.5 Å². The summed E-state index contributed by atoms with van der Waals surface area (Å²) in [4.78, 5) is 4.37. The Balaban J connectivity index is 0.00000441. The molecule has 6 nitrogen and oxygen atoms in total. The number of rotatable bonds is 8. The van der Waals surface area contributed by atoms with Gasteiger partial charge >= 0.3 is 0 Å². The number of ether oxygens (including phenoxy) is 2. The van der Waals surface area contributed by atoms with E-state index in [9.17, 15) is 5.11 Å². The van der Waals surface area contributed by atoms with Crippen molar-refractivity contribution in [3.05, 3.63) is 23.8 Å². The molecule has 7 heteroatoms. The third-order valence-corrected chi connectivity index (χ3v) is 2.90. The number of phenolic OH excluding ortho intramolecular Hbond substituents is 1. The highest BCUT2D eigenvalue weighted by Crippen LogP contribution is 2.29. The number of aliphatic imine (C=N–C) groups is 1. The number of hydrogen-bond acceptors (Lipinski definition) is 4. The number of nitrogens with one attached hydrogen (secondary N) is 2. The number of phenols is 1. The molecule has 0 saturated heterocycles. The maximum atomic E-state index is 10.0. The lowest BCUT2D eigenvalue weighted by Gasteiger charge is -2.12. The van der Waals surface area contributed by atoms with Crippen LogP contribution in [0.3, 0.4) is 0 Å². The first-order valence-electron chi connectivity index (χ1n) is 7.08. The van der Waals surface area contributed by atoms with Gasteiger partial charge in [0.2, 0.25) is 0 Å². The number of guanidine groups is 1. The lowest BCUT2D eigenvalue weighted by molar-refractivity contribution is 0.208. The molecule has 126 valence electrons. The maximum absolute atomic E-state index is 10.0. The van der Waals surface area contributed by atoms with Crippen LogP contribution in [0.5, 0.6) is 11.5 Å². The highest BCUT2D eigenvalue weighted by molar-refractivity contribution is 14.0. The fraction of sp³-hybridized carbons (Fsp3) is 0.533. The van der Waals surface area contributed by atoms with Crippen molar-refractivity contribution < 1.29 is 14.6 Å². The summed E-state index contributed by atoms with van der Waals surface area (Å²) < 4.78 is 10.1. The Hall–Kier alpha value is -1.22. The van der Waals surface area contributed by atoms with E-state index in [1.807, 2.05) is 19.1 Å². The lowest BCUT2D eigenvalue weighted by atomic mass is 10.1. The van der Waals surface area contributed by atoms with Crippen molar-refractivity contribution in [2.24, 2.45) is 4.99 Å². The predicted molar refractivity (Wildman–Crippen MR) is 99.6 cm³/mol. The fourth-order valence-corrected chi connectivity index (χ4v) is 1.84. The summed E-state index contributed by atoms with van der Waals surface area (Å²) >= 11 is 0. The minimum absolute atomic E-state index is 0. The van der Waals surface area contributed by atoms with Crippen LogP contribution in [-0.2, 0) is 11.2 Å². The summed E-state index contributed by atoms with van der Waals surface area (Å²) in [5, 5.41) is 16.4. The first-order chi connectivity index (χ1) is 10.2. The molecule has 0 bridgehead atoms. The van der Waals surface area contributed by atoms with E-state index in [-0.39, 0.29) is 29.7 Å². The van der Waals surface area contributed by atoms with Crippen LogP contribution in [0.2, 0.25) is 0 Å². The Labute approximate surface area is 149 Å². The van der Waals surface area contributed by atoms with Crippen LogP contribution in [0.15, 0.2) is 23.2 Å². The van der Waals surface area contributed by atoms with Crippen LogP contribution in [0, 0.1) is 0 Å². The highest BCUT2D eigenvalue weighted by Gasteiger charge is 2.07. The molecule has 0 aromatic heterocycles. The van der Waals surface area contributed by atoms with Gasteiger partial charge in [-0.15, -0.1) is 24.0 Å². The molecule has 0 radical (unpaired) electrons. The average Bonchev–Trinajstić information content (AvgIpc) is 2.49. The van der Waals surface area contributed by atoms with E-state index in [2.05, 4.69) is 15.6 Å². The van der Waals surface area contributed by atoms with Crippen molar-refractivity contribution in [1.29, 1.82) is 0 Å². The molecule has 0 aliphatic carbocycles. The van der Waals surface area contributed by atoms with Crippen LogP contribution in [0.1, 0.15) is 12.5 Å². The Bertz CT molecular complexity index is 456. The van der Waals surface area contributed by atoms with Gasteiger partial charge in [0.05, 0.1) is 20.3 Å². The van der Waals surface area contributed by atoms with Crippen molar-refractivity contribution in [2.45, 2.75) is 13.3 Å². The van der Waals surface area contributed by atoms with Crippen LogP contribution in [0.25, 0.3) is 0 Å². The monoisotopic (exact) mass is 423 g/mol. The molecular formula is C15H26IN3O3. The smallest absolute Gasteiger partial charge is 0.191 e. The zero-order chi connectivity index (χ0) is 15.5. The molecule has 1 rings (SSSR count). The molecule has 1 aromatic rings. The highest BCUT2D eigenvalue weighted by atomic mass is 127. The van der Waals surface area contributed by atoms with Crippen molar-refractivity contribution in [1.82, 2.24) is 10.6 Å². The molecule has 0 spiro atoms. The first kappa shape index (κ1) is 20.8. The van der Waals surface area contributed by atoms with Gasteiger partial charge in [-0.3, -0.25) is 4.99 Å². The van der Waals surface area contributed by atoms with E-state index >= 15 is 0 Å². The summed E-state index contributed by atoms with van der Waals surface area (Å²) in [7, 11) is 3.20. The lowest BCUT2D eigenvalue weighted by Crippen LogP contribution is -2.38. The number of para-hydroxylation sites is 1. The average molecular weight is 423 g/mol. The minimum atomic E-state index is 0. The molecule has 0 saturated carbocycles. The summed E-state index contributed by atoms with van der Waals surface area (Å²) in [6, 6.07) is 5.49. The van der Waals surface area contributed by atoms with Crippen molar-refractivity contribution >= 4 is 29.9 Å². The van der Waals surface area contributed by atoms with Crippen molar-refractivity contribution in [3.8, 4) is 11.5 Å². The molecule has 0 atom stereocenters. The van der Waals surface area contributed by atoms with Crippen molar-refractivity contribution in [3.63, 3.8) is 0 Å². The third-order valence-electron chi connectivity index (χ3n) is 2.90. The van der Waals surface area contributed by atoms with Gasteiger partial charge in [-0.1, -0.05) is 12.1 Å². The summed E-state index contributed by atoms with van der Waals surface area (Å²) in [6.07, 6.45) is 0.678. The second-order valence-corrected chi connectivity index (χ2v) is 4.40. The molecule has 0 unspecified atom stereocenters. The first-order valence-corrected chi connectivity index (χ1v) is 7.08. The number of methoxy groups -OCH3 is 2. The maximum Gasteiger partial charge on any atom is 0.191 e. The molecule has 3 N–H and O–H groups in total. The summed E-state index contributed by atoms with van der Waals surface area (Å²) in [5.41, 5.74) is 0.842. The topological polar surface area (TPSA) is 75.1 Å². The van der Waals surface area contributed by atoms with E-state index in [1.165, 1.54) is 0 Å². The number of benzene rings is 1. The van der Waals surface area contributed by atoms with Crippen LogP contribution in [0.4, 0.5) is 0 Å². The molecule has 1 aromatic carbocycles. The van der Waals surface area contributed by atoms with E-state index in [4.69, 9.17) is 9.47 Å². The van der Waals surface area contributed by atoms with Crippen LogP contribution in [-0.4, -0.2) is 51.5 Å². The van der Waals surface area contributed by atoms with Gasteiger partial charge in [-0.25, -0.2) is 0 Å². The third kappa shape index (κ3) is 7.17. The molecule has 0 amide bonds. The van der Waals surface area contributed by atoms with Gasteiger partial charge in [-0.05, 0) is 25.0 Å². The zero-order valence-corrected chi connectivity index (χ0v) is 15.7. The second-order valence-electron chi connectivity index (χ2n) is 4.40. The van der Waals surface area contributed by atoms with Crippen molar-refractivity contribution in [2.75, 3.05) is 40.5 Å². The van der Waals surface area contributed by atoms with Gasteiger partial charge in [-0.2, -0.15) is 0 Å². The zero-order valence-electron chi connectivity index (χ0n) is 13.4. The predicted octanol–water partition coefficient (Wildman–Crippen LogP) is 1.76. The van der Waals surface area contributed by atoms with Gasteiger partial charge in [0, 0.05) is 20.2 Å².